The highest BCUT2D eigenvalue weighted by molar-refractivity contribution is 5.83. The first-order chi connectivity index (χ1) is 11.6. The number of urea groups is 1. The molecule has 1 heterocycles. The zero-order valence-electron chi connectivity index (χ0n) is 13.3. The number of aryl methyl sites for hydroxylation is 1. The molecule has 1 aromatic heterocycles. The molecule has 24 heavy (non-hydrogen) atoms. The van der Waals surface area contributed by atoms with E-state index in [2.05, 4.69) is 15.8 Å². The molecular weight excluding hydrogens is 306 g/mol. The molecule has 0 fully saturated rings. The minimum atomic E-state index is -0.769. The molecule has 1 unspecified atom stereocenters. The van der Waals surface area contributed by atoms with Crippen molar-refractivity contribution in [3.05, 3.63) is 65.5 Å². The largest absolute Gasteiger partial charge is 0.387 e. The minimum Gasteiger partial charge on any atom is -0.387 e. The highest BCUT2D eigenvalue weighted by Crippen LogP contribution is 2.20. The van der Waals surface area contributed by atoms with Crippen molar-refractivity contribution in [1.29, 1.82) is 0 Å². The fourth-order valence-corrected chi connectivity index (χ4v) is 2.46. The van der Waals surface area contributed by atoms with Crippen LogP contribution in [0.3, 0.4) is 0 Å². The summed E-state index contributed by atoms with van der Waals surface area (Å²) >= 11 is 0. The Morgan fingerprint density at radius 1 is 1.17 bits per heavy atom. The van der Waals surface area contributed by atoms with Gasteiger partial charge in [0.05, 0.1) is 12.6 Å². The minimum absolute atomic E-state index is 0.127. The van der Waals surface area contributed by atoms with Gasteiger partial charge in [-0.2, -0.15) is 0 Å². The van der Waals surface area contributed by atoms with E-state index in [-0.39, 0.29) is 19.1 Å². The van der Waals surface area contributed by atoms with Crippen LogP contribution in [0.5, 0.6) is 0 Å². The molecule has 0 saturated heterocycles. The number of nitrogens with one attached hydrogen (secondary N) is 2. The quantitative estimate of drug-likeness (QED) is 0.673. The van der Waals surface area contributed by atoms with E-state index in [0.717, 1.165) is 16.3 Å². The van der Waals surface area contributed by atoms with Crippen LogP contribution in [0.15, 0.2) is 53.1 Å². The lowest BCUT2D eigenvalue weighted by Gasteiger charge is -2.13. The molecule has 0 radical (unpaired) electrons. The van der Waals surface area contributed by atoms with Gasteiger partial charge in [-0.25, -0.2) is 4.79 Å². The van der Waals surface area contributed by atoms with Gasteiger partial charge in [0.2, 0.25) is 0 Å². The van der Waals surface area contributed by atoms with Gasteiger partial charge in [-0.05, 0) is 29.3 Å². The molecule has 6 nitrogen and oxygen atoms in total. The monoisotopic (exact) mass is 325 g/mol. The van der Waals surface area contributed by atoms with Gasteiger partial charge in [0.25, 0.3) is 0 Å². The number of amides is 2. The van der Waals surface area contributed by atoms with E-state index in [1.807, 2.05) is 42.5 Å². The smallest absolute Gasteiger partial charge is 0.315 e. The summed E-state index contributed by atoms with van der Waals surface area (Å²) in [5.74, 6) is 0.693. The molecule has 2 amide bonds. The van der Waals surface area contributed by atoms with Crippen LogP contribution in [-0.2, 0) is 6.54 Å². The summed E-state index contributed by atoms with van der Waals surface area (Å²) in [6.45, 7) is 2.19. The summed E-state index contributed by atoms with van der Waals surface area (Å²) in [6, 6.07) is 15.1. The maximum absolute atomic E-state index is 11.8. The second-order valence-corrected chi connectivity index (χ2v) is 5.61. The summed E-state index contributed by atoms with van der Waals surface area (Å²) in [5.41, 5.74) is 1.42. The van der Waals surface area contributed by atoms with Gasteiger partial charge in [0, 0.05) is 12.6 Å². The Morgan fingerprint density at radius 2 is 1.96 bits per heavy atom. The van der Waals surface area contributed by atoms with Crippen LogP contribution in [0.1, 0.15) is 23.1 Å². The fourth-order valence-electron chi connectivity index (χ4n) is 2.46. The normalized spacial score (nSPS) is 12.1. The van der Waals surface area contributed by atoms with Gasteiger partial charge >= 0.3 is 6.03 Å². The molecule has 0 saturated carbocycles. The number of aliphatic hydroxyl groups is 1. The SMILES string of the molecule is Cc1cc(CNC(=O)NCC(O)c2ccc3ccccc3c2)no1. The number of nitrogens with zero attached hydrogens (tertiary/aromatic N) is 1. The van der Waals surface area contributed by atoms with E-state index < -0.39 is 6.10 Å². The Labute approximate surface area is 139 Å². The molecule has 2 aromatic carbocycles. The average molecular weight is 325 g/mol. The highest BCUT2D eigenvalue weighted by atomic mass is 16.5. The Bertz CT molecular complexity index is 844. The molecule has 3 N–H and O–H groups in total. The molecule has 1 atom stereocenters. The van der Waals surface area contributed by atoms with Crippen molar-refractivity contribution in [1.82, 2.24) is 15.8 Å². The van der Waals surface area contributed by atoms with E-state index in [4.69, 9.17) is 4.52 Å². The second kappa shape index (κ2) is 7.14. The van der Waals surface area contributed by atoms with Crippen molar-refractivity contribution in [2.75, 3.05) is 6.54 Å². The third-order valence-corrected chi connectivity index (χ3v) is 3.72. The van der Waals surface area contributed by atoms with Crippen LogP contribution in [0.25, 0.3) is 10.8 Å². The van der Waals surface area contributed by atoms with Crippen molar-refractivity contribution >= 4 is 16.8 Å². The van der Waals surface area contributed by atoms with Gasteiger partial charge in [0.15, 0.2) is 0 Å². The zero-order chi connectivity index (χ0) is 16.9. The molecule has 0 aliphatic carbocycles. The second-order valence-electron chi connectivity index (χ2n) is 5.61. The summed E-state index contributed by atoms with van der Waals surface area (Å²) in [7, 11) is 0. The number of aliphatic hydroxyl groups excluding tert-OH is 1. The summed E-state index contributed by atoms with van der Waals surface area (Å²) in [4.78, 5) is 11.8. The fraction of sp³-hybridized carbons (Fsp3) is 0.222. The molecule has 0 aliphatic rings. The number of carbonyl (C=O) groups excluding carboxylic acids is 1. The van der Waals surface area contributed by atoms with Crippen molar-refractivity contribution in [2.24, 2.45) is 0 Å². The summed E-state index contributed by atoms with van der Waals surface area (Å²) < 4.78 is 4.93. The lowest BCUT2D eigenvalue weighted by atomic mass is 10.0. The van der Waals surface area contributed by atoms with Gasteiger partial charge in [0.1, 0.15) is 11.5 Å². The van der Waals surface area contributed by atoms with Crippen molar-refractivity contribution in [2.45, 2.75) is 19.6 Å². The standard InChI is InChI=1S/C18H19N3O3/c1-12-8-16(21-24-12)10-19-18(23)20-11-17(22)15-7-6-13-4-2-3-5-14(13)9-15/h2-9,17,22H,10-11H2,1H3,(H2,19,20,23). The number of rotatable bonds is 5. The third kappa shape index (κ3) is 3.91. The molecule has 3 aromatic rings. The van der Waals surface area contributed by atoms with Gasteiger partial charge in [-0.1, -0.05) is 41.6 Å². The van der Waals surface area contributed by atoms with Gasteiger partial charge < -0.3 is 20.3 Å². The van der Waals surface area contributed by atoms with Crippen LogP contribution in [0.2, 0.25) is 0 Å². The predicted molar refractivity (Wildman–Crippen MR) is 90.4 cm³/mol. The first kappa shape index (κ1) is 16.0. The van der Waals surface area contributed by atoms with Crippen LogP contribution in [-0.4, -0.2) is 22.8 Å². The maximum atomic E-state index is 11.8. The number of fused-ring (bicyclic) bond motifs is 1. The van der Waals surface area contributed by atoms with E-state index in [9.17, 15) is 9.90 Å². The van der Waals surface area contributed by atoms with Crippen LogP contribution in [0, 0.1) is 6.92 Å². The van der Waals surface area contributed by atoms with Gasteiger partial charge in [-0.15, -0.1) is 0 Å². The Kier molecular flexibility index (Phi) is 4.77. The molecule has 3 rings (SSSR count). The zero-order valence-corrected chi connectivity index (χ0v) is 13.3. The molecule has 0 spiro atoms. The number of benzene rings is 2. The van der Waals surface area contributed by atoms with Crippen molar-refractivity contribution < 1.29 is 14.4 Å². The predicted octanol–water partition coefficient (Wildman–Crippen LogP) is 2.67. The molecular formula is C18H19N3O3. The van der Waals surface area contributed by atoms with Crippen LogP contribution >= 0.6 is 0 Å². The number of hydrogen-bond acceptors (Lipinski definition) is 4. The molecule has 0 bridgehead atoms. The lowest BCUT2D eigenvalue weighted by molar-refractivity contribution is 0.173. The third-order valence-electron chi connectivity index (χ3n) is 3.72. The highest BCUT2D eigenvalue weighted by Gasteiger charge is 2.10. The number of hydrogen-bond donors (Lipinski definition) is 3. The number of carbonyl (C=O) groups is 1. The molecule has 6 heteroatoms. The maximum Gasteiger partial charge on any atom is 0.315 e. The first-order valence-corrected chi connectivity index (χ1v) is 7.72. The first-order valence-electron chi connectivity index (χ1n) is 7.72. The Morgan fingerprint density at radius 3 is 2.71 bits per heavy atom. The number of aromatic nitrogens is 1. The lowest BCUT2D eigenvalue weighted by Crippen LogP contribution is -2.37. The summed E-state index contributed by atoms with van der Waals surface area (Å²) in [5, 5.41) is 21.5. The van der Waals surface area contributed by atoms with E-state index in [0.29, 0.717) is 11.5 Å². The van der Waals surface area contributed by atoms with E-state index >= 15 is 0 Å². The van der Waals surface area contributed by atoms with Gasteiger partial charge in [-0.3, -0.25) is 0 Å². The average Bonchev–Trinajstić information content (AvgIpc) is 3.02. The molecule has 124 valence electrons. The Hall–Kier alpha value is -2.86. The summed E-state index contributed by atoms with van der Waals surface area (Å²) in [6.07, 6.45) is -0.769. The topological polar surface area (TPSA) is 87.4 Å². The van der Waals surface area contributed by atoms with E-state index in [1.165, 1.54) is 0 Å². The molecule has 0 aliphatic heterocycles. The van der Waals surface area contributed by atoms with Crippen molar-refractivity contribution in [3.8, 4) is 0 Å². The Balaban J connectivity index is 1.52. The van der Waals surface area contributed by atoms with Crippen LogP contribution < -0.4 is 10.6 Å². The van der Waals surface area contributed by atoms with E-state index in [1.54, 1.807) is 13.0 Å². The van der Waals surface area contributed by atoms with Crippen LogP contribution in [0.4, 0.5) is 4.79 Å². The van der Waals surface area contributed by atoms with Crippen molar-refractivity contribution in [3.63, 3.8) is 0 Å².